The second-order valence-corrected chi connectivity index (χ2v) is 4.37. The van der Waals surface area contributed by atoms with Crippen LogP contribution in [-0.2, 0) is 0 Å². The van der Waals surface area contributed by atoms with E-state index >= 15 is 0 Å². The number of hydrogen-bond acceptors (Lipinski definition) is 4. The number of quaternary nitrogens is 1. The monoisotopic (exact) mass is 259 g/mol. The van der Waals surface area contributed by atoms with Gasteiger partial charge in [-0.3, -0.25) is 0 Å². The van der Waals surface area contributed by atoms with Crippen molar-refractivity contribution in [1.29, 1.82) is 0 Å². The number of phenols is 1. The number of aryl methyl sites for hydroxylation is 1. The number of hydrogen-bond donors (Lipinski definition) is 3. The summed E-state index contributed by atoms with van der Waals surface area (Å²) in [5.74, 6) is 1.51. The molecule has 1 heterocycles. The fourth-order valence-electron chi connectivity index (χ4n) is 1.78. The average molecular weight is 259 g/mol. The van der Waals surface area contributed by atoms with E-state index < -0.39 is 0 Å². The van der Waals surface area contributed by atoms with Crippen LogP contribution < -0.4 is 11.1 Å². The normalized spacial score (nSPS) is 10.4. The Bertz CT molecular complexity index is 557. The summed E-state index contributed by atoms with van der Waals surface area (Å²) in [4.78, 5) is 8.80. The van der Waals surface area contributed by atoms with E-state index in [1.165, 1.54) is 0 Å². The summed E-state index contributed by atoms with van der Waals surface area (Å²) in [5, 5.41) is 13.1. The summed E-state index contributed by atoms with van der Waals surface area (Å²) in [6.45, 7) is 3.64. The van der Waals surface area contributed by atoms with Gasteiger partial charge in [-0.1, -0.05) is 12.1 Å². The minimum atomic E-state index is 0.191. The SMILES string of the molecule is Cc1cc(NCCC[NH3+])nc(-c2ccccc2O)n1. The molecule has 100 valence electrons. The van der Waals surface area contributed by atoms with E-state index in [1.54, 1.807) is 12.1 Å². The predicted octanol–water partition coefficient (Wildman–Crippen LogP) is 1.20. The van der Waals surface area contributed by atoms with Gasteiger partial charge in [-0.15, -0.1) is 0 Å². The van der Waals surface area contributed by atoms with Crippen molar-refractivity contribution in [2.75, 3.05) is 18.4 Å². The van der Waals surface area contributed by atoms with Gasteiger partial charge in [0, 0.05) is 24.7 Å². The Morgan fingerprint density at radius 2 is 2.05 bits per heavy atom. The smallest absolute Gasteiger partial charge is 0.165 e. The first-order valence-electron chi connectivity index (χ1n) is 6.38. The number of nitrogens with zero attached hydrogens (tertiary/aromatic N) is 2. The molecule has 2 aromatic rings. The van der Waals surface area contributed by atoms with Crippen molar-refractivity contribution in [3.05, 3.63) is 36.0 Å². The maximum atomic E-state index is 9.85. The summed E-state index contributed by atoms with van der Waals surface area (Å²) < 4.78 is 0. The highest BCUT2D eigenvalue weighted by Gasteiger charge is 2.08. The van der Waals surface area contributed by atoms with Gasteiger partial charge in [0.2, 0.25) is 0 Å². The molecule has 5 heteroatoms. The van der Waals surface area contributed by atoms with Gasteiger partial charge in [0.25, 0.3) is 0 Å². The van der Waals surface area contributed by atoms with Crippen LogP contribution in [-0.4, -0.2) is 28.2 Å². The molecule has 0 aliphatic carbocycles. The molecule has 5 nitrogen and oxygen atoms in total. The third-order valence-corrected chi connectivity index (χ3v) is 2.73. The Morgan fingerprint density at radius 1 is 1.26 bits per heavy atom. The Morgan fingerprint density at radius 3 is 2.79 bits per heavy atom. The van der Waals surface area contributed by atoms with Crippen LogP contribution >= 0.6 is 0 Å². The lowest BCUT2D eigenvalue weighted by Crippen LogP contribution is -2.50. The molecule has 1 aromatic heterocycles. The lowest BCUT2D eigenvalue weighted by molar-refractivity contribution is -0.367. The van der Waals surface area contributed by atoms with Gasteiger partial charge in [0.05, 0.1) is 12.1 Å². The molecule has 0 fully saturated rings. The van der Waals surface area contributed by atoms with Gasteiger partial charge in [0.1, 0.15) is 11.6 Å². The number of phenolic OH excluding ortho intramolecular Hbond substituents is 1. The van der Waals surface area contributed by atoms with Crippen molar-refractivity contribution in [2.45, 2.75) is 13.3 Å². The fourth-order valence-corrected chi connectivity index (χ4v) is 1.78. The molecular weight excluding hydrogens is 240 g/mol. The average Bonchev–Trinajstić information content (AvgIpc) is 2.39. The number of anilines is 1. The number of aromatic hydroxyl groups is 1. The zero-order valence-electron chi connectivity index (χ0n) is 11.1. The highest BCUT2D eigenvalue weighted by atomic mass is 16.3. The van der Waals surface area contributed by atoms with Crippen molar-refractivity contribution in [3.8, 4) is 17.1 Å². The van der Waals surface area contributed by atoms with E-state index in [4.69, 9.17) is 0 Å². The molecule has 0 saturated carbocycles. The second kappa shape index (κ2) is 6.15. The van der Waals surface area contributed by atoms with E-state index in [1.807, 2.05) is 25.1 Å². The molecule has 0 saturated heterocycles. The standard InChI is InChI=1S/C14H18N4O/c1-10-9-13(16-8-4-7-15)18-14(17-10)11-5-2-3-6-12(11)19/h2-3,5-6,9,19H,4,7-8,15H2,1H3,(H,16,17,18)/p+1. The molecule has 2 rings (SSSR count). The van der Waals surface area contributed by atoms with E-state index in [-0.39, 0.29) is 5.75 Å². The maximum absolute atomic E-state index is 9.85. The number of benzene rings is 1. The van der Waals surface area contributed by atoms with E-state index in [9.17, 15) is 5.11 Å². The molecule has 0 atom stereocenters. The molecule has 0 bridgehead atoms. The lowest BCUT2D eigenvalue weighted by atomic mass is 10.2. The fraction of sp³-hybridized carbons (Fsp3) is 0.286. The van der Waals surface area contributed by atoms with Crippen molar-refractivity contribution < 1.29 is 10.8 Å². The molecule has 0 aliphatic rings. The molecule has 0 unspecified atom stereocenters. The molecular formula is C14H19N4O+. The molecule has 1 aromatic carbocycles. The molecule has 0 radical (unpaired) electrons. The lowest BCUT2D eigenvalue weighted by Gasteiger charge is -2.08. The molecule has 0 amide bonds. The second-order valence-electron chi connectivity index (χ2n) is 4.37. The summed E-state index contributed by atoms with van der Waals surface area (Å²) in [7, 11) is 0. The van der Waals surface area contributed by atoms with Crippen molar-refractivity contribution in [2.24, 2.45) is 0 Å². The Labute approximate surface area is 112 Å². The van der Waals surface area contributed by atoms with Crippen LogP contribution in [0.15, 0.2) is 30.3 Å². The highest BCUT2D eigenvalue weighted by Crippen LogP contribution is 2.26. The maximum Gasteiger partial charge on any atom is 0.165 e. The van der Waals surface area contributed by atoms with Gasteiger partial charge in [0.15, 0.2) is 5.82 Å². The molecule has 0 spiro atoms. The van der Waals surface area contributed by atoms with Crippen LogP contribution in [0.1, 0.15) is 12.1 Å². The first-order valence-corrected chi connectivity index (χ1v) is 6.38. The first-order chi connectivity index (χ1) is 9.20. The van der Waals surface area contributed by atoms with Crippen LogP contribution in [0, 0.1) is 6.92 Å². The Hall–Kier alpha value is -2.14. The van der Waals surface area contributed by atoms with Gasteiger partial charge < -0.3 is 16.2 Å². The van der Waals surface area contributed by atoms with Crippen molar-refractivity contribution in [3.63, 3.8) is 0 Å². The van der Waals surface area contributed by atoms with E-state index in [0.717, 1.165) is 31.0 Å². The topological polar surface area (TPSA) is 85.7 Å². The van der Waals surface area contributed by atoms with Gasteiger partial charge in [-0.25, -0.2) is 9.97 Å². The molecule has 19 heavy (non-hydrogen) atoms. The molecule has 0 aliphatic heterocycles. The third kappa shape index (κ3) is 3.42. The van der Waals surface area contributed by atoms with E-state index in [2.05, 4.69) is 21.0 Å². The number of para-hydroxylation sites is 1. The number of nitrogens with one attached hydrogen (secondary N) is 1. The van der Waals surface area contributed by atoms with Gasteiger partial charge in [-0.2, -0.15) is 0 Å². The van der Waals surface area contributed by atoms with Crippen LogP contribution in [0.4, 0.5) is 5.82 Å². The van der Waals surface area contributed by atoms with E-state index in [0.29, 0.717) is 11.4 Å². The van der Waals surface area contributed by atoms with Gasteiger partial charge in [-0.05, 0) is 19.1 Å². The summed E-state index contributed by atoms with van der Waals surface area (Å²) in [6.07, 6.45) is 0.995. The van der Waals surface area contributed by atoms with Crippen LogP contribution in [0.3, 0.4) is 0 Å². The third-order valence-electron chi connectivity index (χ3n) is 2.73. The summed E-state index contributed by atoms with van der Waals surface area (Å²) in [5.41, 5.74) is 5.32. The summed E-state index contributed by atoms with van der Waals surface area (Å²) >= 11 is 0. The first kappa shape index (κ1) is 13.3. The summed E-state index contributed by atoms with van der Waals surface area (Å²) in [6, 6.07) is 8.98. The van der Waals surface area contributed by atoms with Crippen LogP contribution in [0.25, 0.3) is 11.4 Å². The van der Waals surface area contributed by atoms with Crippen molar-refractivity contribution >= 4 is 5.82 Å². The predicted molar refractivity (Wildman–Crippen MR) is 74.7 cm³/mol. The zero-order chi connectivity index (χ0) is 13.7. The van der Waals surface area contributed by atoms with Gasteiger partial charge >= 0.3 is 0 Å². The largest absolute Gasteiger partial charge is 0.507 e. The number of aromatic nitrogens is 2. The Kier molecular flexibility index (Phi) is 4.30. The number of rotatable bonds is 5. The minimum Gasteiger partial charge on any atom is -0.507 e. The zero-order valence-corrected chi connectivity index (χ0v) is 11.1. The van der Waals surface area contributed by atoms with Crippen molar-refractivity contribution in [1.82, 2.24) is 9.97 Å². The highest BCUT2D eigenvalue weighted by molar-refractivity contribution is 5.64. The quantitative estimate of drug-likeness (QED) is 0.704. The van der Waals surface area contributed by atoms with Crippen LogP contribution in [0.5, 0.6) is 5.75 Å². The molecule has 5 N–H and O–H groups in total. The Balaban J connectivity index is 2.29. The van der Waals surface area contributed by atoms with Crippen LogP contribution in [0.2, 0.25) is 0 Å². The minimum absolute atomic E-state index is 0.191.